The van der Waals surface area contributed by atoms with Crippen LogP contribution in [0.1, 0.15) is 59.3 Å². The van der Waals surface area contributed by atoms with Gasteiger partial charge in [0.15, 0.2) is 16.9 Å². The quantitative estimate of drug-likeness (QED) is 0.660. The van der Waals surface area contributed by atoms with Gasteiger partial charge >= 0.3 is 0 Å². The molecule has 0 saturated heterocycles. The van der Waals surface area contributed by atoms with Crippen molar-refractivity contribution in [3.63, 3.8) is 0 Å². The number of allylic oxidation sites excluding steroid dienone is 1. The molecule has 0 amide bonds. The Balaban J connectivity index is 1.64. The van der Waals surface area contributed by atoms with Crippen LogP contribution in [-0.4, -0.2) is 21.4 Å². The first kappa shape index (κ1) is 21.3. The van der Waals surface area contributed by atoms with Crippen molar-refractivity contribution in [2.24, 2.45) is 34.5 Å². The van der Waals surface area contributed by atoms with Crippen LogP contribution in [0.4, 0.5) is 0 Å². The van der Waals surface area contributed by atoms with Crippen LogP contribution in [0.15, 0.2) is 47.4 Å². The molecule has 1 aromatic rings. The molecular formula is C26H32O4S. The third kappa shape index (κ3) is 2.92. The fourth-order valence-electron chi connectivity index (χ4n) is 7.65. The summed E-state index contributed by atoms with van der Waals surface area (Å²) in [5.41, 5.74) is -1.33. The summed E-state index contributed by atoms with van der Waals surface area (Å²) < 4.78 is 20.2. The molecule has 0 bridgehead atoms. The highest BCUT2D eigenvalue weighted by atomic mass is 32.2. The minimum Gasteiger partial charge on any atom is -0.299 e. The SMILES string of the molecule is CC1C[C@H]2[C@@H]3CCC(=O)[C@@]3(C)CC[C@@]2(OS(=O)c2ccccc2)[C@@]2(C)C=CC(=O)CC12. The van der Waals surface area contributed by atoms with Crippen LogP contribution >= 0.6 is 0 Å². The number of hydrogen-bond acceptors (Lipinski definition) is 4. The number of carbonyl (C=O) groups is 2. The third-order valence-corrected chi connectivity index (χ3v) is 10.5. The topological polar surface area (TPSA) is 60.4 Å². The minimum atomic E-state index is -1.60. The zero-order chi connectivity index (χ0) is 22.0. The lowest BCUT2D eigenvalue weighted by Crippen LogP contribution is -2.67. The molecule has 8 atom stereocenters. The van der Waals surface area contributed by atoms with Crippen molar-refractivity contribution in [2.45, 2.75) is 69.8 Å². The first-order valence-corrected chi connectivity index (χ1v) is 12.7. The van der Waals surface area contributed by atoms with Gasteiger partial charge in [-0.15, -0.1) is 0 Å². The standard InChI is InChI=1S/C26H32O4S/c1-17-15-22-20-9-10-23(28)24(20,2)13-14-26(22,25(3)12-11-18(27)16-21(17)25)30-31(29)19-7-5-4-6-8-19/h4-8,11-12,17,20-22H,9-10,13-16H2,1-3H3/t17?,20-,21?,22-,24-,25-,26-,31?/m0/s1. The second-order valence-corrected chi connectivity index (χ2v) is 11.8. The van der Waals surface area contributed by atoms with Crippen molar-refractivity contribution in [2.75, 3.05) is 0 Å². The Labute approximate surface area is 187 Å². The summed E-state index contributed by atoms with van der Waals surface area (Å²) in [7, 11) is 0. The molecule has 5 rings (SSSR count). The lowest BCUT2D eigenvalue weighted by Gasteiger charge is -2.65. The van der Waals surface area contributed by atoms with Crippen LogP contribution in [0, 0.1) is 34.5 Å². The van der Waals surface area contributed by atoms with E-state index in [4.69, 9.17) is 4.18 Å². The van der Waals surface area contributed by atoms with Crippen molar-refractivity contribution in [3.05, 3.63) is 42.5 Å². The molecular weight excluding hydrogens is 408 g/mol. The summed E-state index contributed by atoms with van der Waals surface area (Å²) in [6.07, 6.45) is 8.21. The van der Waals surface area contributed by atoms with Gasteiger partial charge in [0.2, 0.25) is 0 Å². The fourth-order valence-corrected chi connectivity index (χ4v) is 8.79. The van der Waals surface area contributed by atoms with Crippen molar-refractivity contribution >= 4 is 22.6 Å². The van der Waals surface area contributed by atoms with Gasteiger partial charge in [-0.1, -0.05) is 45.0 Å². The zero-order valence-corrected chi connectivity index (χ0v) is 19.5. The lowest BCUT2D eigenvalue weighted by atomic mass is 9.42. The molecule has 31 heavy (non-hydrogen) atoms. The molecule has 0 spiro atoms. The number of carbonyl (C=O) groups excluding carboxylic acids is 2. The third-order valence-electron chi connectivity index (χ3n) is 9.43. The van der Waals surface area contributed by atoms with Gasteiger partial charge in [0.1, 0.15) is 5.78 Å². The van der Waals surface area contributed by atoms with E-state index in [-0.39, 0.29) is 34.4 Å². The van der Waals surface area contributed by atoms with Crippen molar-refractivity contribution in [3.8, 4) is 0 Å². The van der Waals surface area contributed by atoms with Gasteiger partial charge in [-0.05, 0) is 67.6 Å². The molecule has 3 unspecified atom stereocenters. The second kappa shape index (κ2) is 7.21. The Kier molecular flexibility index (Phi) is 4.95. The normalized spacial score (nSPS) is 45.0. The maximum Gasteiger partial charge on any atom is 0.189 e. The lowest BCUT2D eigenvalue weighted by molar-refractivity contribution is -0.200. The molecule has 1 aromatic carbocycles. The molecule has 0 aliphatic heterocycles. The first-order chi connectivity index (χ1) is 14.7. The molecule has 4 aliphatic rings. The van der Waals surface area contributed by atoms with Gasteiger partial charge in [0.25, 0.3) is 0 Å². The molecule has 5 heteroatoms. The molecule has 0 N–H and O–H groups in total. The molecule has 0 heterocycles. The summed E-state index contributed by atoms with van der Waals surface area (Å²) in [4.78, 5) is 25.9. The van der Waals surface area contributed by atoms with E-state index in [2.05, 4.69) is 26.8 Å². The highest BCUT2D eigenvalue weighted by molar-refractivity contribution is 7.80. The maximum atomic E-state index is 13.5. The van der Waals surface area contributed by atoms with Crippen LogP contribution < -0.4 is 0 Å². The molecule has 4 aliphatic carbocycles. The van der Waals surface area contributed by atoms with E-state index in [1.807, 2.05) is 30.3 Å². The predicted octanol–water partition coefficient (Wildman–Crippen LogP) is 5.05. The minimum absolute atomic E-state index is 0.152. The summed E-state index contributed by atoms with van der Waals surface area (Å²) >= 11 is -1.60. The summed E-state index contributed by atoms with van der Waals surface area (Å²) in [6, 6.07) is 9.36. The van der Waals surface area contributed by atoms with E-state index in [1.54, 1.807) is 6.08 Å². The van der Waals surface area contributed by atoms with Crippen LogP contribution in [-0.2, 0) is 24.9 Å². The van der Waals surface area contributed by atoms with E-state index in [1.165, 1.54) is 0 Å². The monoisotopic (exact) mass is 440 g/mol. The smallest absolute Gasteiger partial charge is 0.189 e. The summed E-state index contributed by atoms with van der Waals surface area (Å²) in [6.45, 7) is 6.60. The Morgan fingerprint density at radius 2 is 1.77 bits per heavy atom. The van der Waals surface area contributed by atoms with Gasteiger partial charge in [0.05, 0.1) is 10.5 Å². The van der Waals surface area contributed by atoms with Crippen molar-refractivity contribution in [1.29, 1.82) is 0 Å². The number of Topliss-reactive ketones (excluding diaryl/α,β-unsaturated/α-hetero) is 1. The Morgan fingerprint density at radius 3 is 2.52 bits per heavy atom. The summed E-state index contributed by atoms with van der Waals surface area (Å²) in [5, 5.41) is 0. The second-order valence-electron chi connectivity index (χ2n) is 10.7. The Hall–Kier alpha value is -1.59. The van der Waals surface area contributed by atoms with E-state index >= 15 is 0 Å². The van der Waals surface area contributed by atoms with E-state index in [0.717, 1.165) is 19.3 Å². The van der Waals surface area contributed by atoms with Crippen LogP contribution in [0.2, 0.25) is 0 Å². The molecule has 0 aromatic heterocycles. The predicted molar refractivity (Wildman–Crippen MR) is 119 cm³/mol. The number of hydrogen-bond donors (Lipinski definition) is 0. The molecule has 4 nitrogen and oxygen atoms in total. The number of rotatable bonds is 3. The van der Waals surface area contributed by atoms with Gasteiger partial charge in [-0.3, -0.25) is 13.8 Å². The van der Waals surface area contributed by atoms with Gasteiger partial charge in [0, 0.05) is 23.7 Å². The average Bonchev–Trinajstić information content (AvgIpc) is 3.06. The van der Waals surface area contributed by atoms with Gasteiger partial charge < -0.3 is 0 Å². The van der Waals surface area contributed by atoms with Crippen LogP contribution in [0.25, 0.3) is 0 Å². The van der Waals surface area contributed by atoms with E-state index in [9.17, 15) is 13.8 Å². The number of ketones is 2. The zero-order valence-electron chi connectivity index (χ0n) is 18.6. The highest BCUT2D eigenvalue weighted by Crippen LogP contribution is 2.68. The fraction of sp³-hybridized carbons (Fsp3) is 0.615. The molecule has 166 valence electrons. The average molecular weight is 441 g/mol. The number of benzene rings is 1. The van der Waals surface area contributed by atoms with Crippen molar-refractivity contribution < 1.29 is 18.0 Å². The number of fused-ring (bicyclic) bond motifs is 5. The van der Waals surface area contributed by atoms with E-state index < -0.39 is 16.7 Å². The molecule has 3 saturated carbocycles. The maximum absolute atomic E-state index is 13.5. The molecule has 0 radical (unpaired) electrons. The first-order valence-electron chi connectivity index (χ1n) is 11.6. The summed E-state index contributed by atoms with van der Waals surface area (Å²) in [5.74, 6) is 1.46. The van der Waals surface area contributed by atoms with Gasteiger partial charge in [-0.25, -0.2) is 4.21 Å². The van der Waals surface area contributed by atoms with E-state index in [0.29, 0.717) is 35.9 Å². The van der Waals surface area contributed by atoms with Gasteiger partial charge in [-0.2, -0.15) is 0 Å². The largest absolute Gasteiger partial charge is 0.299 e. The van der Waals surface area contributed by atoms with Crippen molar-refractivity contribution in [1.82, 2.24) is 0 Å². The Bertz CT molecular complexity index is 971. The van der Waals surface area contributed by atoms with Crippen LogP contribution in [0.5, 0.6) is 0 Å². The van der Waals surface area contributed by atoms with Crippen LogP contribution in [0.3, 0.4) is 0 Å². The highest BCUT2D eigenvalue weighted by Gasteiger charge is 2.69. The molecule has 3 fully saturated rings. The Morgan fingerprint density at radius 1 is 1.03 bits per heavy atom.